The molecule has 6 aromatic rings. The van der Waals surface area contributed by atoms with Gasteiger partial charge in [-0.1, -0.05) is 86.8 Å². The Morgan fingerprint density at radius 1 is 0.535 bits per heavy atom. The zero-order valence-electron chi connectivity index (χ0n) is 40.0. The molecule has 2 aromatic carbocycles. The molecule has 0 spiro atoms. The number of carbonyl (C=O) groups is 4. The van der Waals surface area contributed by atoms with Crippen molar-refractivity contribution in [3.8, 4) is 22.5 Å². The monoisotopic (exact) mass is 986 g/mol. The Labute approximate surface area is 405 Å². The van der Waals surface area contributed by atoms with E-state index in [1.165, 1.54) is 11.1 Å². The first-order valence-electron chi connectivity index (χ1n) is 21.3. The second-order valence-electron chi connectivity index (χ2n) is 16.6. The summed E-state index contributed by atoms with van der Waals surface area (Å²) in [6, 6.07) is 24.6. The van der Waals surface area contributed by atoms with Gasteiger partial charge in [0.25, 0.3) is 0 Å². The predicted molar refractivity (Wildman–Crippen MR) is 253 cm³/mol. The summed E-state index contributed by atoms with van der Waals surface area (Å²) >= 11 is 0. The van der Waals surface area contributed by atoms with Gasteiger partial charge in [0.2, 0.25) is 31.8 Å². The number of carboxylic acid groups (broad SMARTS) is 2. The van der Waals surface area contributed by atoms with Crippen LogP contribution in [0.2, 0.25) is 0 Å². The number of hydrogen-bond donors (Lipinski definition) is 4. The zero-order chi connectivity index (χ0) is 53.0. The number of amides is 2. The minimum absolute atomic E-state index is 0.0710. The van der Waals surface area contributed by atoms with Crippen LogP contribution < -0.4 is 0 Å². The summed E-state index contributed by atoms with van der Waals surface area (Å²) in [5, 5.41) is 61.8. The lowest BCUT2D eigenvalue weighted by molar-refractivity contribution is -0.775. The second kappa shape index (κ2) is 24.0. The first kappa shape index (κ1) is 54.8. The average molecular weight is 987 g/mol. The molecule has 0 bridgehead atoms. The van der Waals surface area contributed by atoms with Crippen molar-refractivity contribution >= 4 is 35.0 Å². The Balaban J connectivity index is 0.000000216. The fourth-order valence-corrected chi connectivity index (χ4v) is 6.50. The molecule has 4 N–H and O–H groups in total. The number of fused-ring (bicyclic) bond motifs is 2. The Bertz CT molecular complexity index is 2680. The van der Waals surface area contributed by atoms with E-state index in [9.17, 15) is 49.5 Å². The molecule has 71 heavy (non-hydrogen) atoms. The number of aromatic nitrogens is 4. The Morgan fingerprint density at radius 3 is 1.07 bits per heavy atom. The standard InChI is InChI=1S/2C19H21N3O.C4H6O6.C3H6N6O6/c2*1-13-5-8-15(9-6-13)19-16(11-18(23)21(3)4)22-12-14(2)7-10-17(22)20-19;5-1(3(7)8)2(6)4(9)10;10-7(11)4-1-5(8(12)13)3-6(2-4)9(14)15/h2*5-10,12H,11H2,1-4H3;1-2,5-6H,(H,7,8)(H,9,10);1-3H2. The van der Waals surface area contributed by atoms with Crippen LogP contribution in [0, 0.1) is 58.0 Å². The van der Waals surface area contributed by atoms with E-state index in [-0.39, 0.29) is 11.8 Å². The van der Waals surface area contributed by atoms with E-state index in [4.69, 9.17) is 30.4 Å². The number of likely N-dealkylation sites (N-methyl/N-ethyl adjacent to an activating group) is 2. The van der Waals surface area contributed by atoms with Gasteiger partial charge in [-0.3, -0.25) is 9.59 Å². The molecule has 26 heteroatoms. The number of carbonyl (C=O) groups excluding carboxylic acids is 2. The van der Waals surface area contributed by atoms with E-state index in [1.807, 2.05) is 59.3 Å². The van der Waals surface area contributed by atoms with Gasteiger partial charge >= 0.3 is 11.9 Å². The van der Waals surface area contributed by atoms with Crippen LogP contribution in [0.15, 0.2) is 85.2 Å². The zero-order valence-corrected chi connectivity index (χ0v) is 40.0. The number of benzene rings is 2. The highest BCUT2D eigenvalue weighted by atomic mass is 16.7. The molecule has 0 aliphatic carbocycles. The third-order valence-electron chi connectivity index (χ3n) is 10.5. The Kier molecular flexibility index (Phi) is 18.5. The summed E-state index contributed by atoms with van der Waals surface area (Å²) in [4.78, 5) is 87.8. The molecule has 0 saturated carbocycles. The van der Waals surface area contributed by atoms with Crippen molar-refractivity contribution in [3.05, 3.63) is 149 Å². The molecule has 2 unspecified atom stereocenters. The van der Waals surface area contributed by atoms with Gasteiger partial charge in [-0.25, -0.2) is 49.9 Å². The number of aryl methyl sites for hydroxylation is 4. The van der Waals surface area contributed by atoms with Crippen molar-refractivity contribution in [2.24, 2.45) is 0 Å². The number of nitro groups is 3. The third-order valence-corrected chi connectivity index (χ3v) is 10.5. The normalized spacial score (nSPS) is 12.8. The van der Waals surface area contributed by atoms with Crippen molar-refractivity contribution in [1.82, 2.24) is 43.6 Å². The summed E-state index contributed by atoms with van der Waals surface area (Å²) in [6.45, 7) is 6.44. The van der Waals surface area contributed by atoms with Crippen LogP contribution in [-0.4, -0.2) is 163 Å². The molecule has 378 valence electrons. The van der Waals surface area contributed by atoms with E-state index < -0.39 is 59.2 Å². The average Bonchev–Trinajstić information content (AvgIpc) is 3.85. The minimum atomic E-state index is -2.27. The number of aliphatic carboxylic acids is 2. The first-order valence-corrected chi connectivity index (χ1v) is 21.3. The lowest BCUT2D eigenvalue weighted by Gasteiger charge is -2.27. The van der Waals surface area contributed by atoms with Crippen molar-refractivity contribution in [2.75, 3.05) is 48.2 Å². The van der Waals surface area contributed by atoms with E-state index >= 15 is 0 Å². The minimum Gasteiger partial charge on any atom is -0.479 e. The van der Waals surface area contributed by atoms with Gasteiger partial charge < -0.3 is 39.0 Å². The number of aliphatic hydroxyl groups excluding tert-OH is 2. The lowest BCUT2D eigenvalue weighted by Crippen LogP contribution is -2.59. The second-order valence-corrected chi connectivity index (χ2v) is 16.6. The molecule has 1 fully saturated rings. The highest BCUT2D eigenvalue weighted by Gasteiger charge is 2.39. The summed E-state index contributed by atoms with van der Waals surface area (Å²) in [7, 11) is 7.12. The number of nitrogens with zero attached hydrogens (tertiary/aromatic N) is 12. The number of hydrazine groups is 3. The van der Waals surface area contributed by atoms with Gasteiger partial charge in [-0.15, -0.1) is 0 Å². The van der Waals surface area contributed by atoms with Gasteiger partial charge in [-0.2, -0.15) is 0 Å². The van der Waals surface area contributed by atoms with E-state index in [0.717, 1.165) is 56.3 Å². The highest BCUT2D eigenvalue weighted by molar-refractivity contribution is 5.83. The first-order chi connectivity index (χ1) is 33.3. The van der Waals surface area contributed by atoms with Crippen molar-refractivity contribution in [1.29, 1.82) is 0 Å². The third kappa shape index (κ3) is 14.6. The molecule has 26 nitrogen and oxygen atoms in total. The molecular weight excluding hydrogens is 933 g/mol. The number of hydrogen-bond acceptors (Lipinski definition) is 14. The molecule has 7 rings (SSSR count). The summed E-state index contributed by atoms with van der Waals surface area (Å²) < 4.78 is 4.07. The van der Waals surface area contributed by atoms with E-state index in [2.05, 4.69) is 62.4 Å². The lowest BCUT2D eigenvalue weighted by atomic mass is 10.1. The number of imidazole rings is 2. The van der Waals surface area contributed by atoms with Crippen molar-refractivity contribution < 1.29 is 54.7 Å². The maximum atomic E-state index is 12.3. The molecule has 0 radical (unpaired) electrons. The van der Waals surface area contributed by atoms with E-state index in [1.54, 1.807) is 38.0 Å². The Hall–Kier alpha value is -8.78. The predicted octanol–water partition coefficient (Wildman–Crippen LogP) is 2.73. The molecule has 2 amide bonds. The summed E-state index contributed by atoms with van der Waals surface area (Å²) in [6.07, 6.45) is 0.216. The maximum Gasteiger partial charge on any atom is 0.335 e. The van der Waals surface area contributed by atoms with Crippen molar-refractivity contribution in [2.45, 2.75) is 52.7 Å². The molecule has 1 aliphatic rings. The Morgan fingerprint density at radius 2 is 0.817 bits per heavy atom. The van der Waals surface area contributed by atoms with Gasteiger partial charge in [0.1, 0.15) is 11.3 Å². The van der Waals surface area contributed by atoms with Crippen LogP contribution in [0.1, 0.15) is 33.6 Å². The van der Waals surface area contributed by atoms with Gasteiger partial charge in [0.15, 0.2) is 27.3 Å². The molecular formula is C45H54N12O14. The van der Waals surface area contributed by atoms with Crippen molar-refractivity contribution in [3.63, 3.8) is 0 Å². The highest BCUT2D eigenvalue weighted by Crippen LogP contribution is 2.28. The summed E-state index contributed by atoms with van der Waals surface area (Å²) in [5.41, 5.74) is 12.2. The molecule has 2 atom stereocenters. The van der Waals surface area contributed by atoms with Crippen LogP contribution in [0.5, 0.6) is 0 Å². The SMILES string of the molecule is Cc1ccc(-c2nc3ccc(C)cn3c2CC(=O)N(C)C)cc1.Cc1ccc(-c2nc3ccc(C)cn3c2CC(=O)N(C)C)cc1.O=C(O)C(O)C(O)C(=O)O.O=[N+]([O-])N1CN([N+](=O)[O-])CN([N+](=O)[O-])C1. The molecule has 5 heterocycles. The smallest absolute Gasteiger partial charge is 0.335 e. The largest absolute Gasteiger partial charge is 0.479 e. The number of pyridine rings is 2. The van der Waals surface area contributed by atoms with Gasteiger partial charge in [0.05, 0.1) is 35.6 Å². The quantitative estimate of drug-likeness (QED) is 0.101. The van der Waals surface area contributed by atoms with Crippen LogP contribution in [0.25, 0.3) is 33.8 Å². The fourth-order valence-electron chi connectivity index (χ4n) is 6.50. The number of aliphatic hydroxyl groups is 2. The topological polar surface area (TPSA) is 329 Å². The van der Waals surface area contributed by atoms with Gasteiger partial charge in [0, 0.05) is 51.7 Å². The number of rotatable bonds is 12. The number of carboxylic acids is 2. The van der Waals surface area contributed by atoms with Crippen LogP contribution in [0.4, 0.5) is 0 Å². The molecule has 1 aliphatic heterocycles. The maximum absolute atomic E-state index is 12.3. The molecule has 1 saturated heterocycles. The van der Waals surface area contributed by atoms with Crippen LogP contribution in [0.3, 0.4) is 0 Å². The van der Waals surface area contributed by atoms with Crippen LogP contribution >= 0.6 is 0 Å². The molecule has 4 aromatic heterocycles. The van der Waals surface area contributed by atoms with E-state index in [0.29, 0.717) is 27.9 Å². The fraction of sp³-hybridized carbons (Fsp3) is 0.333. The van der Waals surface area contributed by atoms with Crippen LogP contribution in [-0.2, 0) is 32.0 Å². The van der Waals surface area contributed by atoms with Gasteiger partial charge in [-0.05, 0) is 51.0 Å². The summed E-state index contributed by atoms with van der Waals surface area (Å²) in [5.74, 6) is -3.40.